The van der Waals surface area contributed by atoms with Gasteiger partial charge in [0, 0.05) is 36.3 Å². The lowest BCUT2D eigenvalue weighted by Crippen LogP contribution is -2.26. The molecular weight excluding hydrogens is 240 g/mol. The van der Waals surface area contributed by atoms with Crippen LogP contribution in [-0.4, -0.2) is 33.1 Å². The molecule has 5 nitrogen and oxygen atoms in total. The summed E-state index contributed by atoms with van der Waals surface area (Å²) in [6.45, 7) is 1.92. The van der Waals surface area contributed by atoms with E-state index in [0.29, 0.717) is 0 Å². The third kappa shape index (κ3) is 1.57. The number of hydrogen-bond acceptors (Lipinski definition) is 3. The first-order chi connectivity index (χ1) is 9.24. The van der Waals surface area contributed by atoms with E-state index in [1.807, 2.05) is 0 Å². The van der Waals surface area contributed by atoms with Gasteiger partial charge in [0.25, 0.3) is 5.56 Å². The van der Waals surface area contributed by atoms with Crippen LogP contribution in [0.5, 0.6) is 0 Å². The molecule has 1 N–H and O–H groups in total. The van der Waals surface area contributed by atoms with Crippen LogP contribution in [0.15, 0.2) is 4.79 Å². The van der Waals surface area contributed by atoms with E-state index in [1.54, 1.807) is 4.52 Å². The lowest BCUT2D eigenvalue weighted by atomic mass is 9.97. The zero-order chi connectivity index (χ0) is 13.0. The summed E-state index contributed by atoms with van der Waals surface area (Å²) in [5.74, 6) is 0. The molecule has 0 radical (unpaired) electrons. The number of aromatic amines is 1. The number of nitrogens with zero attached hydrogens (tertiary/aromatic N) is 3. The summed E-state index contributed by atoms with van der Waals surface area (Å²) < 4.78 is 1.67. The maximum Gasteiger partial charge on any atom is 0.276 e. The highest BCUT2D eigenvalue weighted by atomic mass is 16.1. The van der Waals surface area contributed by atoms with Crippen molar-refractivity contribution < 1.29 is 0 Å². The van der Waals surface area contributed by atoms with Crippen molar-refractivity contribution in [2.24, 2.45) is 0 Å². The highest BCUT2D eigenvalue weighted by Crippen LogP contribution is 2.23. The Hall–Kier alpha value is -1.62. The standard InChI is InChI=1S/C14H18N4O/c1-17-7-6-12-10(8-17)13-15-11-5-3-2-4-9(11)14(19)18(13)16-12/h16H,2-8H2,1H3. The van der Waals surface area contributed by atoms with Crippen LogP contribution in [0.4, 0.5) is 0 Å². The van der Waals surface area contributed by atoms with Gasteiger partial charge in [-0.3, -0.25) is 9.89 Å². The summed E-state index contributed by atoms with van der Waals surface area (Å²) >= 11 is 0. The van der Waals surface area contributed by atoms with Crippen LogP contribution in [0.25, 0.3) is 5.65 Å². The van der Waals surface area contributed by atoms with Gasteiger partial charge in [-0.15, -0.1) is 0 Å². The molecule has 0 saturated heterocycles. The van der Waals surface area contributed by atoms with E-state index >= 15 is 0 Å². The van der Waals surface area contributed by atoms with Gasteiger partial charge in [0.2, 0.25) is 0 Å². The van der Waals surface area contributed by atoms with Crippen molar-refractivity contribution >= 4 is 5.65 Å². The third-order valence-electron chi connectivity index (χ3n) is 4.41. The van der Waals surface area contributed by atoms with Crippen molar-refractivity contribution in [3.8, 4) is 0 Å². The number of aryl methyl sites for hydroxylation is 1. The van der Waals surface area contributed by atoms with Gasteiger partial charge in [-0.05, 0) is 32.7 Å². The second-order valence-corrected chi connectivity index (χ2v) is 5.77. The lowest BCUT2D eigenvalue weighted by molar-refractivity contribution is 0.312. The van der Waals surface area contributed by atoms with Crippen LogP contribution < -0.4 is 5.56 Å². The van der Waals surface area contributed by atoms with Gasteiger partial charge in [0.15, 0.2) is 5.65 Å². The van der Waals surface area contributed by atoms with E-state index in [1.165, 1.54) is 11.3 Å². The molecule has 1 aliphatic carbocycles. The SMILES string of the molecule is CN1CCc2[nH]n3c(=O)c4c(nc3c2C1)CCCC4. The summed E-state index contributed by atoms with van der Waals surface area (Å²) in [7, 11) is 2.11. The first-order valence-electron chi connectivity index (χ1n) is 7.07. The fourth-order valence-corrected chi connectivity index (χ4v) is 3.32. The zero-order valence-corrected chi connectivity index (χ0v) is 11.2. The highest BCUT2D eigenvalue weighted by molar-refractivity contribution is 5.52. The Morgan fingerprint density at radius 3 is 2.89 bits per heavy atom. The fourth-order valence-electron chi connectivity index (χ4n) is 3.32. The number of hydrogen-bond donors (Lipinski definition) is 1. The van der Waals surface area contributed by atoms with Crippen molar-refractivity contribution in [1.29, 1.82) is 0 Å². The van der Waals surface area contributed by atoms with Crippen molar-refractivity contribution in [1.82, 2.24) is 19.5 Å². The van der Waals surface area contributed by atoms with Gasteiger partial charge in [-0.2, -0.15) is 0 Å². The van der Waals surface area contributed by atoms with Crippen molar-refractivity contribution in [2.75, 3.05) is 13.6 Å². The van der Waals surface area contributed by atoms with Crippen LogP contribution in [0.3, 0.4) is 0 Å². The minimum atomic E-state index is 0.122. The first-order valence-corrected chi connectivity index (χ1v) is 7.07. The molecular formula is C14H18N4O. The van der Waals surface area contributed by atoms with E-state index in [9.17, 15) is 4.79 Å². The van der Waals surface area contributed by atoms with Gasteiger partial charge in [0.05, 0.1) is 5.69 Å². The molecule has 4 rings (SSSR count). The summed E-state index contributed by atoms with van der Waals surface area (Å²) in [6, 6.07) is 0. The second kappa shape index (κ2) is 3.93. The Morgan fingerprint density at radius 2 is 2.00 bits per heavy atom. The predicted octanol–water partition coefficient (Wildman–Crippen LogP) is 0.889. The Kier molecular flexibility index (Phi) is 2.33. The van der Waals surface area contributed by atoms with Gasteiger partial charge >= 0.3 is 0 Å². The third-order valence-corrected chi connectivity index (χ3v) is 4.41. The number of nitrogens with one attached hydrogen (secondary N) is 1. The maximum atomic E-state index is 12.6. The predicted molar refractivity (Wildman–Crippen MR) is 72.5 cm³/mol. The summed E-state index contributed by atoms with van der Waals surface area (Å²) in [6.07, 6.45) is 5.07. The largest absolute Gasteiger partial charge is 0.302 e. The fraction of sp³-hybridized carbons (Fsp3) is 0.571. The van der Waals surface area contributed by atoms with Gasteiger partial charge in [0.1, 0.15) is 0 Å². The van der Waals surface area contributed by atoms with Gasteiger partial charge in [-0.1, -0.05) is 0 Å². The molecule has 2 aromatic heterocycles. The maximum absolute atomic E-state index is 12.6. The number of aromatic nitrogens is 3. The van der Waals surface area contributed by atoms with Crippen LogP contribution in [0.1, 0.15) is 35.4 Å². The minimum Gasteiger partial charge on any atom is -0.302 e. The molecule has 0 atom stereocenters. The van der Waals surface area contributed by atoms with Crippen LogP contribution >= 0.6 is 0 Å². The molecule has 3 heterocycles. The average molecular weight is 258 g/mol. The molecule has 1 aliphatic heterocycles. The van der Waals surface area contributed by atoms with Gasteiger partial charge in [-0.25, -0.2) is 9.50 Å². The second-order valence-electron chi connectivity index (χ2n) is 5.77. The van der Waals surface area contributed by atoms with Crippen molar-refractivity contribution in [2.45, 2.75) is 38.6 Å². The van der Waals surface area contributed by atoms with Crippen LogP contribution in [-0.2, 0) is 25.8 Å². The quantitative estimate of drug-likeness (QED) is 0.763. The molecule has 0 spiro atoms. The van der Waals surface area contributed by atoms with Crippen LogP contribution in [0, 0.1) is 0 Å². The molecule has 2 aromatic rings. The van der Waals surface area contributed by atoms with Crippen molar-refractivity contribution in [3.05, 3.63) is 32.9 Å². The summed E-state index contributed by atoms with van der Waals surface area (Å²) in [4.78, 5) is 19.6. The molecule has 0 aromatic carbocycles. The topological polar surface area (TPSA) is 53.4 Å². The molecule has 100 valence electrons. The average Bonchev–Trinajstić information content (AvgIpc) is 2.78. The Morgan fingerprint density at radius 1 is 1.16 bits per heavy atom. The lowest BCUT2D eigenvalue weighted by Gasteiger charge is -2.21. The van der Waals surface area contributed by atoms with Gasteiger partial charge < -0.3 is 4.90 Å². The summed E-state index contributed by atoms with van der Waals surface area (Å²) in [5, 5.41) is 3.27. The molecule has 2 aliphatic rings. The molecule has 0 saturated carbocycles. The molecule has 19 heavy (non-hydrogen) atoms. The number of fused-ring (bicyclic) bond motifs is 4. The molecule has 0 amide bonds. The van der Waals surface area contributed by atoms with E-state index < -0.39 is 0 Å². The molecule has 5 heteroatoms. The monoisotopic (exact) mass is 258 g/mol. The normalized spacial score (nSPS) is 19.4. The van der Waals surface area contributed by atoms with Crippen LogP contribution in [0.2, 0.25) is 0 Å². The van der Waals surface area contributed by atoms with Crippen molar-refractivity contribution in [3.63, 3.8) is 0 Å². The summed E-state index contributed by atoms with van der Waals surface area (Å²) in [5.41, 5.74) is 5.33. The Balaban J connectivity index is 2.02. The zero-order valence-electron chi connectivity index (χ0n) is 11.2. The van der Waals surface area contributed by atoms with E-state index in [4.69, 9.17) is 4.98 Å². The molecule has 0 bridgehead atoms. The molecule has 0 unspecified atom stereocenters. The minimum absolute atomic E-state index is 0.122. The first kappa shape index (κ1) is 11.2. The smallest absolute Gasteiger partial charge is 0.276 e. The number of H-pyrrole nitrogens is 1. The Bertz CT molecular complexity index is 712. The Labute approximate surface area is 111 Å². The van der Waals surface area contributed by atoms with E-state index in [-0.39, 0.29) is 5.56 Å². The number of rotatable bonds is 0. The van der Waals surface area contributed by atoms with E-state index in [2.05, 4.69) is 17.0 Å². The molecule has 0 fully saturated rings. The van der Waals surface area contributed by atoms with E-state index in [0.717, 1.165) is 62.1 Å². The number of likely N-dealkylation sites (N-methyl/N-ethyl adjacent to an activating group) is 1. The highest BCUT2D eigenvalue weighted by Gasteiger charge is 2.23.